The monoisotopic (exact) mass is 420 g/mol. The summed E-state index contributed by atoms with van der Waals surface area (Å²) in [5, 5.41) is 17.8. The van der Waals surface area contributed by atoms with E-state index in [9.17, 15) is 5.26 Å². The van der Waals surface area contributed by atoms with E-state index in [4.69, 9.17) is 23.2 Å². The van der Waals surface area contributed by atoms with Gasteiger partial charge in [-0.05, 0) is 35.9 Å². The quantitative estimate of drug-likeness (QED) is 0.439. The van der Waals surface area contributed by atoms with E-state index in [1.165, 1.54) is 6.20 Å². The van der Waals surface area contributed by atoms with Crippen molar-refractivity contribution in [1.82, 2.24) is 15.0 Å². The van der Waals surface area contributed by atoms with Crippen molar-refractivity contribution in [2.45, 2.75) is 6.54 Å². The number of nitriles is 1. The number of benzene rings is 1. The van der Waals surface area contributed by atoms with Crippen molar-refractivity contribution in [2.75, 3.05) is 10.6 Å². The predicted molar refractivity (Wildman–Crippen MR) is 116 cm³/mol. The molecule has 0 radical (unpaired) electrons. The molecule has 1 aromatic carbocycles. The van der Waals surface area contributed by atoms with E-state index in [1.54, 1.807) is 36.8 Å². The van der Waals surface area contributed by atoms with Gasteiger partial charge in [-0.3, -0.25) is 9.97 Å². The standard InChI is InChI=1S/C21H14Cl2N6/c22-15-4-16(23)6-17(5-15)29-21-14(8-24)11-26-19-12-28-20(7-18(19)21)27-10-13-2-1-3-25-9-13/h1-7,9,11-12H,10H2,(H,26,29)(H,27,28). The van der Waals surface area contributed by atoms with Crippen molar-refractivity contribution in [2.24, 2.45) is 0 Å². The molecule has 0 fully saturated rings. The number of aromatic nitrogens is 3. The maximum Gasteiger partial charge on any atom is 0.126 e. The molecule has 0 aliphatic rings. The molecular weight excluding hydrogens is 407 g/mol. The third-order valence-corrected chi connectivity index (χ3v) is 4.64. The first-order chi connectivity index (χ1) is 14.1. The highest BCUT2D eigenvalue weighted by atomic mass is 35.5. The highest BCUT2D eigenvalue weighted by Gasteiger charge is 2.12. The molecule has 3 aromatic heterocycles. The lowest BCUT2D eigenvalue weighted by atomic mass is 10.1. The summed E-state index contributed by atoms with van der Waals surface area (Å²) in [6.45, 7) is 0.574. The number of hydrogen-bond acceptors (Lipinski definition) is 6. The van der Waals surface area contributed by atoms with Crippen LogP contribution in [0.3, 0.4) is 0 Å². The SMILES string of the molecule is N#Cc1cnc2cnc(NCc3cccnc3)cc2c1Nc1cc(Cl)cc(Cl)c1. The minimum Gasteiger partial charge on any atom is -0.366 e. The van der Waals surface area contributed by atoms with Gasteiger partial charge in [0.15, 0.2) is 0 Å². The van der Waals surface area contributed by atoms with Crippen molar-refractivity contribution in [3.8, 4) is 6.07 Å². The zero-order chi connectivity index (χ0) is 20.2. The van der Waals surface area contributed by atoms with Crippen LogP contribution in [0.25, 0.3) is 10.9 Å². The Morgan fingerprint density at radius 1 is 1.00 bits per heavy atom. The summed E-state index contributed by atoms with van der Waals surface area (Å²) in [6, 6.07) is 13.0. The normalized spacial score (nSPS) is 10.5. The van der Waals surface area contributed by atoms with Crippen molar-refractivity contribution >= 4 is 51.3 Å². The molecule has 8 heteroatoms. The fourth-order valence-corrected chi connectivity index (χ4v) is 3.40. The van der Waals surface area contributed by atoms with Gasteiger partial charge in [0.1, 0.15) is 11.9 Å². The van der Waals surface area contributed by atoms with E-state index in [0.717, 1.165) is 10.9 Å². The van der Waals surface area contributed by atoms with E-state index in [1.807, 2.05) is 18.2 Å². The number of pyridine rings is 3. The average molecular weight is 421 g/mol. The van der Waals surface area contributed by atoms with Crippen molar-refractivity contribution in [3.63, 3.8) is 0 Å². The molecule has 0 unspecified atom stereocenters. The molecule has 29 heavy (non-hydrogen) atoms. The number of nitrogens with zero attached hydrogens (tertiary/aromatic N) is 4. The summed E-state index contributed by atoms with van der Waals surface area (Å²) in [7, 11) is 0. The molecule has 0 atom stereocenters. The molecule has 0 amide bonds. The van der Waals surface area contributed by atoms with Crippen LogP contribution in [-0.2, 0) is 6.54 Å². The second-order valence-corrected chi connectivity index (χ2v) is 7.12. The highest BCUT2D eigenvalue weighted by molar-refractivity contribution is 6.35. The topological polar surface area (TPSA) is 86.5 Å². The Bertz CT molecular complexity index is 1200. The largest absolute Gasteiger partial charge is 0.366 e. The number of halogens is 2. The van der Waals surface area contributed by atoms with Crippen LogP contribution < -0.4 is 10.6 Å². The Morgan fingerprint density at radius 3 is 2.55 bits per heavy atom. The van der Waals surface area contributed by atoms with Crippen LogP contribution in [-0.4, -0.2) is 15.0 Å². The third-order valence-electron chi connectivity index (χ3n) is 4.20. The van der Waals surface area contributed by atoms with Gasteiger partial charge in [0.2, 0.25) is 0 Å². The van der Waals surface area contributed by atoms with Gasteiger partial charge in [-0.15, -0.1) is 0 Å². The molecular formula is C21H14Cl2N6. The molecule has 2 N–H and O–H groups in total. The van der Waals surface area contributed by atoms with E-state index in [-0.39, 0.29) is 0 Å². The fourth-order valence-electron chi connectivity index (χ4n) is 2.88. The summed E-state index contributed by atoms with van der Waals surface area (Å²) in [5.74, 6) is 0.658. The Balaban J connectivity index is 1.72. The molecule has 0 bridgehead atoms. The second kappa shape index (κ2) is 8.31. The van der Waals surface area contributed by atoms with Crippen LogP contribution in [0.2, 0.25) is 10.0 Å². The number of fused-ring (bicyclic) bond motifs is 1. The molecule has 142 valence electrons. The maximum atomic E-state index is 9.57. The highest BCUT2D eigenvalue weighted by Crippen LogP contribution is 2.32. The minimum atomic E-state index is 0.401. The van der Waals surface area contributed by atoms with Gasteiger partial charge in [0.05, 0.1) is 23.0 Å². The van der Waals surface area contributed by atoms with Crippen LogP contribution in [0.5, 0.6) is 0 Å². The minimum absolute atomic E-state index is 0.401. The van der Waals surface area contributed by atoms with Gasteiger partial charge in [0.25, 0.3) is 0 Å². The van der Waals surface area contributed by atoms with Crippen molar-refractivity contribution < 1.29 is 0 Å². The molecule has 4 rings (SSSR count). The van der Waals surface area contributed by atoms with Crippen LogP contribution in [0.4, 0.5) is 17.2 Å². The molecule has 0 saturated carbocycles. The van der Waals surface area contributed by atoms with Crippen LogP contribution in [0, 0.1) is 11.3 Å². The Morgan fingerprint density at radius 2 is 1.83 bits per heavy atom. The third kappa shape index (κ3) is 4.37. The van der Waals surface area contributed by atoms with Gasteiger partial charge < -0.3 is 10.6 Å². The van der Waals surface area contributed by atoms with Gasteiger partial charge in [0, 0.05) is 46.3 Å². The number of anilines is 3. The van der Waals surface area contributed by atoms with Crippen LogP contribution in [0.1, 0.15) is 11.1 Å². The lowest BCUT2D eigenvalue weighted by Crippen LogP contribution is -2.03. The molecule has 0 aliphatic heterocycles. The van der Waals surface area contributed by atoms with Crippen LogP contribution >= 0.6 is 23.2 Å². The lowest BCUT2D eigenvalue weighted by molar-refractivity contribution is 1.09. The van der Waals surface area contributed by atoms with Crippen molar-refractivity contribution in [1.29, 1.82) is 5.26 Å². The lowest BCUT2D eigenvalue weighted by Gasteiger charge is -2.13. The summed E-state index contributed by atoms with van der Waals surface area (Å²) in [4.78, 5) is 12.8. The average Bonchev–Trinajstić information content (AvgIpc) is 2.72. The first-order valence-electron chi connectivity index (χ1n) is 8.67. The number of rotatable bonds is 5. The van der Waals surface area contributed by atoms with E-state index in [2.05, 4.69) is 31.7 Å². The first-order valence-corrected chi connectivity index (χ1v) is 9.43. The summed E-state index contributed by atoms with van der Waals surface area (Å²) in [5.41, 5.74) is 3.38. The summed E-state index contributed by atoms with van der Waals surface area (Å²) < 4.78 is 0. The number of hydrogen-bond donors (Lipinski definition) is 2. The molecule has 0 saturated heterocycles. The van der Waals surface area contributed by atoms with E-state index < -0.39 is 0 Å². The van der Waals surface area contributed by atoms with Gasteiger partial charge in [-0.2, -0.15) is 5.26 Å². The molecule has 3 heterocycles. The van der Waals surface area contributed by atoms with Gasteiger partial charge in [-0.25, -0.2) is 4.98 Å². The Labute approximate surface area is 177 Å². The Hall–Kier alpha value is -3.40. The molecule has 4 aromatic rings. The van der Waals surface area contributed by atoms with Crippen LogP contribution in [0.15, 0.2) is 61.2 Å². The number of nitrogens with one attached hydrogen (secondary N) is 2. The first kappa shape index (κ1) is 18.9. The van der Waals surface area contributed by atoms with E-state index in [0.29, 0.717) is 44.9 Å². The van der Waals surface area contributed by atoms with Crippen molar-refractivity contribution in [3.05, 3.63) is 82.4 Å². The zero-order valence-electron chi connectivity index (χ0n) is 15.0. The summed E-state index contributed by atoms with van der Waals surface area (Å²) in [6.07, 6.45) is 6.70. The smallest absolute Gasteiger partial charge is 0.126 e. The van der Waals surface area contributed by atoms with Gasteiger partial charge >= 0.3 is 0 Å². The molecule has 6 nitrogen and oxygen atoms in total. The molecule has 0 spiro atoms. The Kier molecular flexibility index (Phi) is 5.43. The molecule has 0 aliphatic carbocycles. The zero-order valence-corrected chi connectivity index (χ0v) is 16.5. The fraction of sp³-hybridized carbons (Fsp3) is 0.0476. The van der Waals surface area contributed by atoms with Gasteiger partial charge in [-0.1, -0.05) is 29.3 Å². The summed E-state index contributed by atoms with van der Waals surface area (Å²) >= 11 is 12.2. The maximum absolute atomic E-state index is 9.57. The second-order valence-electron chi connectivity index (χ2n) is 6.24. The predicted octanol–water partition coefficient (Wildman–Crippen LogP) is 5.56. The van der Waals surface area contributed by atoms with E-state index >= 15 is 0 Å².